The van der Waals surface area contributed by atoms with Crippen molar-refractivity contribution in [1.29, 1.82) is 0 Å². The fourth-order valence-electron chi connectivity index (χ4n) is 3.40. The van der Waals surface area contributed by atoms with Crippen molar-refractivity contribution in [3.05, 3.63) is 71.0 Å². The van der Waals surface area contributed by atoms with Crippen LogP contribution in [0.3, 0.4) is 0 Å². The number of aryl methyl sites for hydroxylation is 2. The minimum absolute atomic E-state index is 0.0715. The molecule has 0 aliphatic heterocycles. The van der Waals surface area contributed by atoms with Crippen LogP contribution in [0.15, 0.2) is 53.7 Å². The normalized spacial score (nSPS) is 11.8. The molecule has 0 unspecified atom stereocenters. The molecular weight excluding hydrogens is 422 g/mol. The highest BCUT2D eigenvalue weighted by Crippen LogP contribution is 2.20. The Morgan fingerprint density at radius 3 is 2.50 bits per heavy atom. The smallest absolute Gasteiger partial charge is 0.232 e. The molecule has 1 heterocycles. The second-order valence-electron chi connectivity index (χ2n) is 7.67. The number of aromatic nitrogens is 3. The number of anilines is 1. The first-order valence-corrected chi connectivity index (χ1v) is 11.6. The molecule has 2 N–H and O–H groups in total. The molecule has 7 nitrogen and oxygen atoms in total. The number of benzene rings is 2. The molecule has 0 fully saturated rings. The molecule has 0 saturated carbocycles. The molecule has 168 valence electrons. The van der Waals surface area contributed by atoms with Crippen LogP contribution in [0.1, 0.15) is 42.4 Å². The van der Waals surface area contributed by atoms with Crippen molar-refractivity contribution in [2.24, 2.45) is 0 Å². The van der Waals surface area contributed by atoms with Crippen molar-refractivity contribution < 1.29 is 9.59 Å². The molecule has 0 aliphatic rings. The van der Waals surface area contributed by atoms with Crippen LogP contribution in [0.5, 0.6) is 0 Å². The molecule has 0 spiro atoms. The third kappa shape index (κ3) is 6.20. The molecule has 0 radical (unpaired) electrons. The van der Waals surface area contributed by atoms with E-state index in [0.717, 1.165) is 22.4 Å². The maximum atomic E-state index is 12.6. The van der Waals surface area contributed by atoms with Gasteiger partial charge in [-0.25, -0.2) is 0 Å². The van der Waals surface area contributed by atoms with E-state index in [1.807, 2.05) is 80.8 Å². The minimum Gasteiger partial charge on any atom is -0.349 e. The molecule has 3 rings (SSSR count). The SMILES string of the molecule is CCn1c(CC(=O)Nc2ccc(C)cc2C)nnc1SCC(=O)N[C@H](C)c1ccccc1. The number of thioether (sulfide) groups is 1. The number of nitrogens with zero attached hydrogens (tertiary/aromatic N) is 3. The lowest BCUT2D eigenvalue weighted by atomic mass is 10.1. The predicted molar refractivity (Wildman–Crippen MR) is 128 cm³/mol. The quantitative estimate of drug-likeness (QED) is 0.479. The second-order valence-corrected chi connectivity index (χ2v) is 8.62. The Balaban J connectivity index is 1.57. The van der Waals surface area contributed by atoms with Gasteiger partial charge in [0.25, 0.3) is 0 Å². The average Bonchev–Trinajstić information content (AvgIpc) is 3.16. The molecule has 2 amide bonds. The maximum Gasteiger partial charge on any atom is 0.232 e. The number of amides is 2. The Morgan fingerprint density at radius 2 is 1.81 bits per heavy atom. The van der Waals surface area contributed by atoms with Gasteiger partial charge in [0, 0.05) is 12.2 Å². The first kappa shape index (κ1) is 23.5. The highest BCUT2D eigenvalue weighted by atomic mass is 32.2. The summed E-state index contributed by atoms with van der Waals surface area (Å²) in [6.45, 7) is 8.53. The zero-order chi connectivity index (χ0) is 23.1. The van der Waals surface area contributed by atoms with Gasteiger partial charge in [-0.2, -0.15) is 0 Å². The fraction of sp³-hybridized carbons (Fsp3) is 0.333. The molecule has 1 aromatic heterocycles. The lowest BCUT2D eigenvalue weighted by molar-refractivity contribution is -0.119. The van der Waals surface area contributed by atoms with Crippen LogP contribution in [0.4, 0.5) is 5.69 Å². The molecule has 32 heavy (non-hydrogen) atoms. The molecular formula is C24H29N5O2S. The second kappa shape index (κ2) is 10.9. The number of carbonyl (C=O) groups excluding carboxylic acids is 2. The summed E-state index contributed by atoms with van der Waals surface area (Å²) < 4.78 is 1.88. The van der Waals surface area contributed by atoms with Crippen LogP contribution in [-0.4, -0.2) is 32.3 Å². The summed E-state index contributed by atoms with van der Waals surface area (Å²) in [7, 11) is 0. The summed E-state index contributed by atoms with van der Waals surface area (Å²) in [5.74, 6) is 0.579. The van der Waals surface area contributed by atoms with Crippen LogP contribution in [0.2, 0.25) is 0 Å². The Kier molecular flexibility index (Phi) is 8.05. The third-order valence-corrected chi connectivity index (χ3v) is 6.06. The molecule has 3 aromatic rings. The van der Waals surface area contributed by atoms with Gasteiger partial charge in [-0.3, -0.25) is 9.59 Å². The van der Waals surface area contributed by atoms with Gasteiger partial charge < -0.3 is 15.2 Å². The Labute approximate surface area is 193 Å². The summed E-state index contributed by atoms with van der Waals surface area (Å²) in [6.07, 6.45) is 0.117. The average molecular weight is 452 g/mol. The van der Waals surface area contributed by atoms with Crippen LogP contribution >= 0.6 is 11.8 Å². The lowest BCUT2D eigenvalue weighted by Gasteiger charge is -2.14. The van der Waals surface area contributed by atoms with Crippen molar-refractivity contribution in [2.45, 2.75) is 51.9 Å². The van der Waals surface area contributed by atoms with Crippen LogP contribution in [-0.2, 0) is 22.6 Å². The molecule has 2 aromatic carbocycles. The number of carbonyl (C=O) groups is 2. The maximum absolute atomic E-state index is 12.6. The fourth-order valence-corrected chi connectivity index (χ4v) is 4.24. The zero-order valence-corrected chi connectivity index (χ0v) is 19.7. The van der Waals surface area contributed by atoms with Gasteiger partial charge in [0.15, 0.2) is 5.16 Å². The van der Waals surface area contributed by atoms with E-state index in [0.29, 0.717) is 17.5 Å². The Morgan fingerprint density at radius 1 is 1.06 bits per heavy atom. The van der Waals surface area contributed by atoms with E-state index < -0.39 is 0 Å². The molecule has 1 atom stereocenters. The summed E-state index contributed by atoms with van der Waals surface area (Å²) in [5, 5.41) is 15.0. The van der Waals surface area contributed by atoms with E-state index in [4.69, 9.17) is 0 Å². The summed E-state index contributed by atoms with van der Waals surface area (Å²) in [4.78, 5) is 24.9. The van der Waals surface area contributed by atoms with Crippen LogP contribution in [0.25, 0.3) is 0 Å². The van der Waals surface area contributed by atoms with Crippen molar-refractivity contribution in [3.63, 3.8) is 0 Å². The van der Waals surface area contributed by atoms with E-state index >= 15 is 0 Å². The molecule has 0 bridgehead atoms. The topological polar surface area (TPSA) is 88.9 Å². The standard InChI is InChI=1S/C24H29N5O2S/c1-5-29-21(14-22(30)26-20-12-11-16(2)13-17(20)3)27-28-24(29)32-15-23(31)25-18(4)19-9-7-6-8-10-19/h6-13,18H,5,14-15H2,1-4H3,(H,25,31)(H,26,30)/t18-/m1/s1. The van der Waals surface area contributed by atoms with E-state index in [1.54, 1.807) is 0 Å². The van der Waals surface area contributed by atoms with E-state index in [9.17, 15) is 9.59 Å². The minimum atomic E-state index is -0.148. The van der Waals surface area contributed by atoms with Crippen molar-refractivity contribution >= 4 is 29.3 Å². The van der Waals surface area contributed by atoms with Crippen molar-refractivity contribution in [1.82, 2.24) is 20.1 Å². The Hall–Kier alpha value is -3.13. The highest BCUT2D eigenvalue weighted by molar-refractivity contribution is 7.99. The van der Waals surface area contributed by atoms with Gasteiger partial charge in [-0.15, -0.1) is 10.2 Å². The Bertz CT molecular complexity index is 1080. The lowest BCUT2D eigenvalue weighted by Crippen LogP contribution is -2.28. The van der Waals surface area contributed by atoms with Gasteiger partial charge in [0.1, 0.15) is 5.82 Å². The van der Waals surface area contributed by atoms with E-state index in [-0.39, 0.29) is 30.0 Å². The number of hydrogen-bond acceptors (Lipinski definition) is 5. The third-order valence-electron chi connectivity index (χ3n) is 5.09. The number of nitrogens with one attached hydrogen (secondary N) is 2. The molecule has 8 heteroatoms. The first-order chi connectivity index (χ1) is 15.4. The van der Waals surface area contributed by atoms with Crippen molar-refractivity contribution in [3.8, 4) is 0 Å². The van der Waals surface area contributed by atoms with E-state index in [1.165, 1.54) is 11.8 Å². The van der Waals surface area contributed by atoms with Gasteiger partial charge in [-0.05, 0) is 44.9 Å². The van der Waals surface area contributed by atoms with Crippen molar-refractivity contribution in [2.75, 3.05) is 11.1 Å². The van der Waals surface area contributed by atoms with Gasteiger partial charge in [0.2, 0.25) is 11.8 Å². The molecule has 0 saturated heterocycles. The predicted octanol–water partition coefficient (Wildman–Crippen LogP) is 4.07. The highest BCUT2D eigenvalue weighted by Gasteiger charge is 2.17. The van der Waals surface area contributed by atoms with E-state index in [2.05, 4.69) is 20.8 Å². The summed E-state index contributed by atoms with van der Waals surface area (Å²) in [6, 6.07) is 15.7. The number of rotatable bonds is 9. The van der Waals surface area contributed by atoms with Gasteiger partial charge in [-0.1, -0.05) is 59.8 Å². The summed E-state index contributed by atoms with van der Waals surface area (Å²) >= 11 is 1.32. The van der Waals surface area contributed by atoms with Gasteiger partial charge >= 0.3 is 0 Å². The number of hydrogen-bond donors (Lipinski definition) is 2. The monoisotopic (exact) mass is 451 g/mol. The zero-order valence-electron chi connectivity index (χ0n) is 18.9. The largest absolute Gasteiger partial charge is 0.349 e. The summed E-state index contributed by atoms with van der Waals surface area (Å²) in [5.41, 5.74) is 4.01. The first-order valence-electron chi connectivity index (χ1n) is 10.6. The van der Waals surface area contributed by atoms with Crippen LogP contribution in [0, 0.1) is 13.8 Å². The van der Waals surface area contributed by atoms with Crippen LogP contribution < -0.4 is 10.6 Å². The van der Waals surface area contributed by atoms with Gasteiger partial charge in [0.05, 0.1) is 18.2 Å². The molecule has 0 aliphatic carbocycles.